The molecule has 1 aliphatic carbocycles. The van der Waals surface area contributed by atoms with Crippen molar-refractivity contribution in [3.63, 3.8) is 0 Å². The first-order chi connectivity index (χ1) is 30.0. The quantitative estimate of drug-likeness (QED) is 0.0352. The summed E-state index contributed by atoms with van der Waals surface area (Å²) in [5, 5.41) is 15.4. The van der Waals surface area contributed by atoms with Gasteiger partial charge in [0.2, 0.25) is 0 Å². The highest BCUT2D eigenvalue weighted by Gasteiger charge is 2.40. The van der Waals surface area contributed by atoms with Crippen molar-refractivity contribution >= 4 is 54.8 Å². The number of ether oxygens (including phenoxy) is 3. The number of rotatable bonds is 18. The third kappa shape index (κ3) is 13.7. The minimum absolute atomic E-state index is 0.00455. The van der Waals surface area contributed by atoms with Crippen LogP contribution in [0.5, 0.6) is 5.75 Å². The number of hydrogen-bond donors (Lipinski definition) is 8. The van der Waals surface area contributed by atoms with E-state index in [-0.39, 0.29) is 35.8 Å². The van der Waals surface area contributed by atoms with Crippen molar-refractivity contribution in [3.05, 3.63) is 133 Å². The summed E-state index contributed by atoms with van der Waals surface area (Å²) in [6.45, 7) is 0.731. The number of Topliss-reactive ketones (excluding diaryl/α,β-unsaturated/α-hetero) is 1. The Bertz CT molecular complexity index is 2500. The summed E-state index contributed by atoms with van der Waals surface area (Å²) in [5.74, 6) is 0.135. The summed E-state index contributed by atoms with van der Waals surface area (Å²) < 4.78 is 50.8. The van der Waals surface area contributed by atoms with Crippen molar-refractivity contribution in [2.24, 2.45) is 0 Å². The van der Waals surface area contributed by atoms with Crippen LogP contribution in [0.2, 0.25) is 0 Å². The van der Waals surface area contributed by atoms with Gasteiger partial charge in [0.25, 0.3) is 5.56 Å². The number of hydrogen-bond acceptors (Lipinski definition) is 19. The van der Waals surface area contributed by atoms with Crippen LogP contribution in [-0.4, -0.2) is 71.0 Å². The largest absolute Gasteiger partial charge is 0.530 e. The molecule has 1 aliphatic heterocycles. The summed E-state index contributed by atoms with van der Waals surface area (Å²) >= 11 is 0. The van der Waals surface area contributed by atoms with E-state index in [0.717, 1.165) is 51.7 Å². The minimum atomic E-state index is -5.04. The molecule has 1 aromatic heterocycles. The van der Waals surface area contributed by atoms with Gasteiger partial charge in [-0.1, -0.05) is 42.5 Å². The van der Waals surface area contributed by atoms with E-state index >= 15 is 0 Å². The average Bonchev–Trinajstić information content (AvgIpc) is 3.60. The maximum absolute atomic E-state index is 12.7. The van der Waals surface area contributed by atoms with Gasteiger partial charge in [0.1, 0.15) is 30.5 Å². The first-order valence-electron chi connectivity index (χ1n) is 18.4. The molecule has 0 bridgehead atoms. The van der Waals surface area contributed by atoms with Gasteiger partial charge in [-0.15, -0.1) is 18.7 Å². The Labute approximate surface area is 358 Å². The first kappa shape index (κ1) is 47.4. The molecule has 2 aliphatic rings. The first-order valence-corrected chi connectivity index (χ1v) is 22.2. The molecule has 6 rings (SSSR count). The predicted octanol–water partition coefficient (Wildman–Crippen LogP) is 3.76. The predicted molar refractivity (Wildman–Crippen MR) is 218 cm³/mol. The number of aliphatic hydroxyl groups is 1. The molecular formula is C37H39N4O19P3. The Hall–Kier alpha value is -5.06. The molecule has 63 heavy (non-hydrogen) atoms. The number of aromatic nitrogens is 2. The van der Waals surface area contributed by atoms with Gasteiger partial charge < -0.3 is 38.9 Å². The molecule has 0 radical (unpaired) electrons. The molecule has 1 fully saturated rings. The zero-order valence-electron chi connectivity index (χ0n) is 32.7. The summed E-state index contributed by atoms with van der Waals surface area (Å²) in [6, 6.07) is 17.9. The van der Waals surface area contributed by atoms with E-state index in [1.807, 2.05) is 24.3 Å². The number of ketones is 1. The second-order valence-corrected chi connectivity index (χ2v) is 16.5. The molecule has 4 aromatic rings. The van der Waals surface area contributed by atoms with Gasteiger partial charge in [0, 0.05) is 37.0 Å². The highest BCUT2D eigenvalue weighted by atomic mass is 31.2. The Balaban J connectivity index is 0.984. The SMILES string of the molecule is CC(=O)Cc1ccc2c(c1)Cc1cc(COC(=O)Nc3cccc(OC(=O)N/C=C\c4cn([C@H]5CC(O)[C@@H](COP(=O)(OOP(O)O)OOP(O)O)O5)c(=O)[nH]c4=O)c3)ccc1C2. The van der Waals surface area contributed by atoms with Gasteiger partial charge in [0.05, 0.1) is 18.3 Å². The maximum atomic E-state index is 12.7. The van der Waals surface area contributed by atoms with E-state index < -0.39 is 73.5 Å². The number of nitrogens with one attached hydrogen (secondary N) is 3. The van der Waals surface area contributed by atoms with Crippen molar-refractivity contribution in [1.82, 2.24) is 14.9 Å². The van der Waals surface area contributed by atoms with Crippen LogP contribution < -0.4 is 26.6 Å². The Morgan fingerprint density at radius 2 is 1.59 bits per heavy atom. The Kier molecular flexibility index (Phi) is 16.2. The minimum Gasteiger partial charge on any atom is -0.444 e. The second-order valence-electron chi connectivity index (χ2n) is 13.8. The van der Waals surface area contributed by atoms with E-state index in [1.54, 1.807) is 13.0 Å². The Morgan fingerprint density at radius 3 is 2.27 bits per heavy atom. The smallest absolute Gasteiger partial charge is 0.444 e. The van der Waals surface area contributed by atoms with E-state index in [9.17, 15) is 33.6 Å². The molecule has 2 amide bonds. The van der Waals surface area contributed by atoms with Gasteiger partial charge in [-0.3, -0.25) is 34.3 Å². The summed E-state index contributed by atoms with van der Waals surface area (Å²) in [7, 11) is -11.5. The van der Waals surface area contributed by atoms with Crippen molar-refractivity contribution in [2.75, 3.05) is 11.9 Å². The fourth-order valence-corrected chi connectivity index (χ4v) is 8.01. The Morgan fingerprint density at radius 1 is 0.921 bits per heavy atom. The van der Waals surface area contributed by atoms with Crippen LogP contribution in [0.1, 0.15) is 58.5 Å². The van der Waals surface area contributed by atoms with Gasteiger partial charge in [-0.2, -0.15) is 0 Å². The molecule has 1 saturated heterocycles. The number of carbonyl (C=O) groups is 3. The lowest BCUT2D eigenvalue weighted by molar-refractivity contribution is -0.202. The van der Waals surface area contributed by atoms with Crippen LogP contribution in [0, 0.1) is 0 Å². The van der Waals surface area contributed by atoms with Crippen LogP contribution in [0.25, 0.3) is 6.08 Å². The van der Waals surface area contributed by atoms with Crippen LogP contribution >= 0.6 is 25.0 Å². The molecular weight excluding hydrogens is 897 g/mol. The average molecular weight is 937 g/mol. The maximum Gasteiger partial charge on any atom is 0.530 e. The summed E-state index contributed by atoms with van der Waals surface area (Å²) in [6.07, 6.45) is -0.921. The van der Waals surface area contributed by atoms with Crippen LogP contribution in [0.3, 0.4) is 0 Å². The molecule has 3 atom stereocenters. The third-order valence-electron chi connectivity index (χ3n) is 9.17. The number of fused-ring (bicyclic) bond motifs is 2. The lowest BCUT2D eigenvalue weighted by Gasteiger charge is -2.21. The topological polar surface area (TPSA) is 322 Å². The number of benzene rings is 3. The fourth-order valence-electron chi connectivity index (χ4n) is 6.44. The summed E-state index contributed by atoms with van der Waals surface area (Å²) in [5.41, 5.74) is 4.71. The third-order valence-corrected chi connectivity index (χ3v) is 10.8. The van der Waals surface area contributed by atoms with E-state index in [0.29, 0.717) is 12.8 Å². The van der Waals surface area contributed by atoms with Crippen LogP contribution in [0.15, 0.2) is 82.6 Å². The van der Waals surface area contributed by atoms with Gasteiger partial charge >= 0.3 is 42.9 Å². The number of aliphatic hydroxyl groups excluding tert-OH is 1. The van der Waals surface area contributed by atoms with Gasteiger partial charge in [-0.25, -0.2) is 18.9 Å². The summed E-state index contributed by atoms with van der Waals surface area (Å²) in [4.78, 5) is 99.5. The standard InChI is InChI=1S/C37H39N4O19P3/c1-21(42)11-22-5-7-24-14-25-8-6-23(13-28(25)15-27(24)12-22)19-53-37(47)39-29-3-2-4-30(16-29)55-36(46)38-10-9-26-18-41(35(45)40-34(26)44)33-17-31(43)32(56-33)20-54-63(52,59-57-61(48)49)60-58-62(50)51/h2-10,12-13,16,18,31-33,43,48-51H,11,14-15,17,19-20H2,1H3,(H,38,46)(H,39,47)(H,40,44,45)/b10-9-/t31?,32-,33-/m1/s1. The van der Waals surface area contributed by atoms with Crippen LogP contribution in [0.4, 0.5) is 15.3 Å². The van der Waals surface area contributed by atoms with Gasteiger partial charge in [-0.05, 0) is 71.4 Å². The van der Waals surface area contributed by atoms with E-state index in [4.69, 9.17) is 38.3 Å². The molecule has 336 valence electrons. The van der Waals surface area contributed by atoms with Crippen molar-refractivity contribution < 1.29 is 81.1 Å². The number of anilines is 1. The highest BCUT2D eigenvalue weighted by molar-refractivity contribution is 7.49. The number of amides is 2. The number of aromatic amines is 1. The molecule has 8 N–H and O–H groups in total. The zero-order valence-corrected chi connectivity index (χ0v) is 35.4. The second kappa shape index (κ2) is 21.5. The number of nitrogens with zero attached hydrogens (tertiary/aromatic N) is 1. The molecule has 0 saturated carbocycles. The highest BCUT2D eigenvalue weighted by Crippen LogP contribution is 2.55. The van der Waals surface area contributed by atoms with Crippen molar-refractivity contribution in [3.8, 4) is 5.75 Å². The van der Waals surface area contributed by atoms with Crippen molar-refractivity contribution in [2.45, 2.75) is 57.6 Å². The normalized spacial score (nSPS) is 17.1. The van der Waals surface area contributed by atoms with E-state index in [1.165, 1.54) is 29.3 Å². The molecule has 1 unspecified atom stereocenters. The lowest BCUT2D eigenvalue weighted by Crippen LogP contribution is -2.33. The molecule has 2 heterocycles. The molecule has 0 spiro atoms. The molecule has 26 heteroatoms. The van der Waals surface area contributed by atoms with Crippen LogP contribution in [-0.2, 0) is 67.9 Å². The lowest BCUT2D eigenvalue weighted by atomic mass is 9.84. The number of phosphoric acid groups is 1. The monoisotopic (exact) mass is 936 g/mol. The van der Waals surface area contributed by atoms with Gasteiger partial charge in [0.15, 0.2) is 0 Å². The molecule has 23 nitrogen and oxygen atoms in total. The van der Waals surface area contributed by atoms with E-state index in [2.05, 4.69) is 46.4 Å². The van der Waals surface area contributed by atoms with Crippen molar-refractivity contribution in [1.29, 1.82) is 0 Å². The number of H-pyrrole nitrogens is 1. The fraction of sp³-hybridized carbons (Fsp3) is 0.270. The zero-order chi connectivity index (χ0) is 45.3. The molecule has 3 aromatic carbocycles. The number of carbonyl (C=O) groups excluding carboxylic acids is 3.